The number of fused-ring (bicyclic) bond motifs is 1. The Morgan fingerprint density at radius 3 is 2.25 bits per heavy atom. The highest BCUT2D eigenvalue weighted by Gasteiger charge is 2.37. The normalized spacial score (nSPS) is 12.5. The van der Waals surface area contributed by atoms with Crippen molar-refractivity contribution in [3.8, 4) is 11.1 Å². The molecule has 148 valence electrons. The second-order valence-corrected chi connectivity index (χ2v) is 13.2. The lowest BCUT2D eigenvalue weighted by Gasteiger charge is -2.36. The Hall–Kier alpha value is -2.31. The van der Waals surface area contributed by atoms with Crippen LogP contribution in [0.3, 0.4) is 0 Å². The quantitative estimate of drug-likeness (QED) is 0.484. The van der Waals surface area contributed by atoms with E-state index in [0.717, 1.165) is 12.1 Å². The van der Waals surface area contributed by atoms with E-state index in [-0.39, 0.29) is 11.6 Å². The molecule has 0 saturated carbocycles. The predicted molar refractivity (Wildman–Crippen MR) is 110 cm³/mol. The molecule has 0 N–H and O–H groups in total. The molecule has 2 aromatic carbocycles. The molecule has 3 aromatic rings. The van der Waals surface area contributed by atoms with Gasteiger partial charge in [0.05, 0.1) is 12.0 Å². The molecule has 0 amide bonds. The van der Waals surface area contributed by atoms with Gasteiger partial charge in [-0.2, -0.15) is 0 Å². The third-order valence-corrected chi connectivity index (χ3v) is 9.97. The monoisotopic (exact) mass is 402 g/mol. The van der Waals surface area contributed by atoms with Crippen LogP contribution in [0.5, 0.6) is 0 Å². The zero-order valence-electron chi connectivity index (χ0n) is 16.7. The SMILES string of the molecule is CC(C)(C)[Si](C)(C)OCc1oc(=O)c2ccccc2c1-c1ccc(F)c(F)c1. The molecule has 0 spiro atoms. The maximum atomic E-state index is 13.9. The molecule has 1 aromatic heterocycles. The van der Waals surface area contributed by atoms with E-state index in [0.29, 0.717) is 27.7 Å². The first kappa shape index (κ1) is 20.4. The standard InChI is InChI=1S/C22H24F2O3Si/c1-22(2,3)28(4,5)26-13-19-20(14-10-11-17(23)18(24)12-14)15-8-6-7-9-16(15)21(25)27-19/h6-12H,13H2,1-5H3. The number of halogens is 2. The lowest BCUT2D eigenvalue weighted by Crippen LogP contribution is -2.40. The van der Waals surface area contributed by atoms with E-state index in [1.54, 1.807) is 24.3 Å². The van der Waals surface area contributed by atoms with Crippen LogP contribution in [-0.2, 0) is 11.0 Å². The van der Waals surface area contributed by atoms with E-state index in [4.69, 9.17) is 8.84 Å². The van der Waals surface area contributed by atoms with Crippen molar-refractivity contribution in [2.45, 2.75) is 45.5 Å². The molecule has 0 radical (unpaired) electrons. The average Bonchev–Trinajstić information content (AvgIpc) is 2.62. The van der Waals surface area contributed by atoms with E-state index in [2.05, 4.69) is 33.9 Å². The lowest BCUT2D eigenvalue weighted by atomic mass is 9.98. The van der Waals surface area contributed by atoms with Gasteiger partial charge in [-0.1, -0.05) is 45.0 Å². The van der Waals surface area contributed by atoms with Crippen LogP contribution >= 0.6 is 0 Å². The molecular formula is C22H24F2O3Si. The summed E-state index contributed by atoms with van der Waals surface area (Å²) < 4.78 is 39.2. The first-order valence-electron chi connectivity index (χ1n) is 9.15. The Bertz CT molecular complexity index is 1080. The van der Waals surface area contributed by atoms with Crippen molar-refractivity contribution >= 4 is 19.1 Å². The molecule has 1 heterocycles. The highest BCUT2D eigenvalue weighted by molar-refractivity contribution is 6.74. The molecule has 0 atom stereocenters. The Kier molecular flexibility index (Phi) is 5.29. The Morgan fingerprint density at radius 2 is 1.64 bits per heavy atom. The highest BCUT2D eigenvalue weighted by atomic mass is 28.4. The third-order valence-electron chi connectivity index (χ3n) is 5.49. The molecular weight excluding hydrogens is 378 g/mol. The predicted octanol–water partition coefficient (Wildman–Crippen LogP) is 6.26. The fourth-order valence-corrected chi connectivity index (χ4v) is 3.70. The molecule has 0 aliphatic carbocycles. The van der Waals surface area contributed by atoms with Gasteiger partial charge < -0.3 is 8.84 Å². The molecule has 0 fully saturated rings. The molecule has 0 saturated heterocycles. The van der Waals surface area contributed by atoms with Crippen LogP contribution in [0.4, 0.5) is 8.78 Å². The molecule has 0 bridgehead atoms. The van der Waals surface area contributed by atoms with Gasteiger partial charge in [-0.05, 0) is 41.9 Å². The molecule has 0 unspecified atom stereocenters. The van der Waals surface area contributed by atoms with Crippen molar-refractivity contribution in [2.24, 2.45) is 0 Å². The summed E-state index contributed by atoms with van der Waals surface area (Å²) in [5.74, 6) is -1.56. The minimum atomic E-state index is -2.11. The second-order valence-electron chi connectivity index (χ2n) is 8.41. The number of benzene rings is 2. The van der Waals surface area contributed by atoms with Crippen LogP contribution in [0.25, 0.3) is 21.9 Å². The summed E-state index contributed by atoms with van der Waals surface area (Å²) in [6, 6.07) is 10.6. The van der Waals surface area contributed by atoms with Gasteiger partial charge in [-0.15, -0.1) is 0 Å². The molecule has 3 rings (SSSR count). The van der Waals surface area contributed by atoms with Gasteiger partial charge in [0.25, 0.3) is 0 Å². The largest absolute Gasteiger partial charge is 0.424 e. The third kappa shape index (κ3) is 3.79. The summed E-state index contributed by atoms with van der Waals surface area (Å²) in [6.45, 7) is 10.6. The van der Waals surface area contributed by atoms with Gasteiger partial charge in [0.2, 0.25) is 0 Å². The van der Waals surface area contributed by atoms with Gasteiger partial charge in [-0.25, -0.2) is 13.6 Å². The summed E-state index contributed by atoms with van der Waals surface area (Å²) in [7, 11) is -2.11. The van der Waals surface area contributed by atoms with Crippen molar-refractivity contribution < 1.29 is 17.6 Å². The van der Waals surface area contributed by atoms with Crippen molar-refractivity contribution in [1.29, 1.82) is 0 Å². The van der Waals surface area contributed by atoms with Crippen LogP contribution in [0.2, 0.25) is 18.1 Å². The summed E-state index contributed by atoms with van der Waals surface area (Å²) in [4.78, 5) is 12.5. The summed E-state index contributed by atoms with van der Waals surface area (Å²) in [5.41, 5.74) is 0.510. The van der Waals surface area contributed by atoms with E-state index in [1.165, 1.54) is 6.07 Å². The van der Waals surface area contributed by atoms with Crippen molar-refractivity contribution in [2.75, 3.05) is 0 Å². The molecule has 0 aliphatic heterocycles. The minimum absolute atomic E-state index is 0.0215. The molecule has 0 aliphatic rings. The lowest BCUT2D eigenvalue weighted by molar-refractivity contribution is 0.241. The minimum Gasteiger partial charge on any atom is -0.424 e. The Morgan fingerprint density at radius 1 is 1.00 bits per heavy atom. The maximum absolute atomic E-state index is 13.9. The first-order valence-corrected chi connectivity index (χ1v) is 12.1. The van der Waals surface area contributed by atoms with Crippen LogP contribution in [0.15, 0.2) is 51.7 Å². The molecule has 28 heavy (non-hydrogen) atoms. The smallest absolute Gasteiger partial charge is 0.343 e. The Balaban J connectivity index is 2.19. The molecule has 6 heteroatoms. The van der Waals surface area contributed by atoms with Gasteiger partial charge in [0.15, 0.2) is 20.0 Å². The van der Waals surface area contributed by atoms with E-state index in [1.807, 2.05) is 0 Å². The second kappa shape index (κ2) is 7.26. The van der Waals surface area contributed by atoms with Crippen molar-refractivity contribution in [3.05, 3.63) is 70.3 Å². The number of hydrogen-bond donors (Lipinski definition) is 0. The van der Waals surface area contributed by atoms with Gasteiger partial charge in [0.1, 0.15) is 5.76 Å². The number of hydrogen-bond acceptors (Lipinski definition) is 3. The average molecular weight is 403 g/mol. The number of rotatable bonds is 4. The van der Waals surface area contributed by atoms with Gasteiger partial charge in [0, 0.05) is 10.9 Å². The Labute approximate surface area is 164 Å². The fourth-order valence-electron chi connectivity index (χ4n) is 2.78. The van der Waals surface area contributed by atoms with Crippen molar-refractivity contribution in [3.63, 3.8) is 0 Å². The van der Waals surface area contributed by atoms with Crippen molar-refractivity contribution in [1.82, 2.24) is 0 Å². The van der Waals surface area contributed by atoms with E-state index >= 15 is 0 Å². The fraction of sp³-hybridized carbons (Fsp3) is 0.318. The van der Waals surface area contributed by atoms with Crippen LogP contribution in [0, 0.1) is 11.6 Å². The van der Waals surface area contributed by atoms with E-state index < -0.39 is 25.6 Å². The van der Waals surface area contributed by atoms with Crippen LogP contribution < -0.4 is 5.63 Å². The zero-order chi connectivity index (χ0) is 20.7. The summed E-state index contributed by atoms with van der Waals surface area (Å²) >= 11 is 0. The van der Waals surface area contributed by atoms with Crippen LogP contribution in [-0.4, -0.2) is 8.32 Å². The highest BCUT2D eigenvalue weighted by Crippen LogP contribution is 2.38. The topological polar surface area (TPSA) is 39.4 Å². The zero-order valence-corrected chi connectivity index (χ0v) is 17.7. The van der Waals surface area contributed by atoms with Gasteiger partial charge in [-0.3, -0.25) is 0 Å². The summed E-state index contributed by atoms with van der Waals surface area (Å²) in [5, 5.41) is 0.989. The molecule has 3 nitrogen and oxygen atoms in total. The summed E-state index contributed by atoms with van der Waals surface area (Å²) in [6.07, 6.45) is 0. The van der Waals surface area contributed by atoms with E-state index in [9.17, 15) is 13.6 Å². The first-order chi connectivity index (χ1) is 13.0. The van der Waals surface area contributed by atoms with Gasteiger partial charge >= 0.3 is 5.63 Å². The maximum Gasteiger partial charge on any atom is 0.343 e. The van der Waals surface area contributed by atoms with Crippen LogP contribution in [0.1, 0.15) is 26.5 Å².